The van der Waals surface area contributed by atoms with Crippen LogP contribution >= 0.6 is 35.0 Å². The quantitative estimate of drug-likeness (QED) is 0.237. The first kappa shape index (κ1) is 24.5. The van der Waals surface area contributed by atoms with E-state index in [1.54, 1.807) is 12.1 Å². The number of amides is 2. The molecule has 0 spiro atoms. The number of carbonyl (C=O) groups is 2. The third kappa shape index (κ3) is 4.76. The minimum atomic E-state index is -0.317. The lowest BCUT2D eigenvalue weighted by Crippen LogP contribution is -2.32. The van der Waals surface area contributed by atoms with Crippen LogP contribution in [0.5, 0.6) is 5.75 Å². The van der Waals surface area contributed by atoms with Crippen LogP contribution in [-0.4, -0.2) is 33.8 Å². The van der Waals surface area contributed by atoms with Gasteiger partial charge in [-0.25, -0.2) is 0 Å². The van der Waals surface area contributed by atoms with Crippen molar-refractivity contribution in [3.63, 3.8) is 0 Å². The first-order chi connectivity index (χ1) is 17.3. The third-order valence-corrected chi connectivity index (χ3v) is 7.40. The lowest BCUT2D eigenvalue weighted by molar-refractivity contribution is -0.123. The number of aromatic nitrogens is 1. The molecule has 5 rings (SSSR count). The Balaban J connectivity index is 1.33. The van der Waals surface area contributed by atoms with E-state index in [4.69, 9.17) is 27.9 Å². The lowest BCUT2D eigenvalue weighted by Gasteiger charge is -2.14. The molecule has 5 nitrogen and oxygen atoms in total. The van der Waals surface area contributed by atoms with E-state index in [0.29, 0.717) is 15.0 Å². The van der Waals surface area contributed by atoms with Crippen LogP contribution in [-0.2, 0) is 4.79 Å². The fourth-order valence-corrected chi connectivity index (χ4v) is 5.77. The van der Waals surface area contributed by atoms with Gasteiger partial charge in [0.05, 0.1) is 11.4 Å². The minimum absolute atomic E-state index is 0.172. The summed E-state index contributed by atoms with van der Waals surface area (Å²) in [6.45, 7) is 4.31. The monoisotopic (exact) mass is 536 g/mol. The van der Waals surface area contributed by atoms with Crippen LogP contribution in [0.1, 0.15) is 17.0 Å². The summed E-state index contributed by atoms with van der Waals surface area (Å²) in [5.41, 5.74) is 3.55. The Hall–Kier alpha value is -3.19. The maximum atomic E-state index is 13.1. The summed E-state index contributed by atoms with van der Waals surface area (Å²) in [6.07, 6.45) is 1.77. The Kier molecular flexibility index (Phi) is 6.84. The molecule has 0 radical (unpaired) electrons. The van der Waals surface area contributed by atoms with Gasteiger partial charge in [0, 0.05) is 32.5 Å². The molecular weight excluding hydrogens is 515 g/mol. The molecule has 0 saturated carbocycles. The number of benzene rings is 3. The van der Waals surface area contributed by atoms with Gasteiger partial charge in [-0.2, -0.15) is 0 Å². The average molecular weight is 537 g/mol. The van der Waals surface area contributed by atoms with Crippen molar-refractivity contribution in [3.05, 3.63) is 98.6 Å². The first-order valence-electron chi connectivity index (χ1n) is 11.3. The van der Waals surface area contributed by atoms with Gasteiger partial charge in [0.2, 0.25) is 0 Å². The van der Waals surface area contributed by atoms with E-state index >= 15 is 0 Å². The lowest BCUT2D eigenvalue weighted by atomic mass is 10.1. The molecule has 182 valence electrons. The van der Waals surface area contributed by atoms with Crippen LogP contribution < -0.4 is 4.74 Å². The van der Waals surface area contributed by atoms with Crippen molar-refractivity contribution in [2.24, 2.45) is 0 Å². The van der Waals surface area contributed by atoms with E-state index < -0.39 is 0 Å². The highest BCUT2D eigenvalue weighted by Crippen LogP contribution is 2.34. The summed E-state index contributed by atoms with van der Waals surface area (Å²) in [4.78, 5) is 27.3. The Morgan fingerprint density at radius 3 is 2.44 bits per heavy atom. The van der Waals surface area contributed by atoms with Crippen molar-refractivity contribution >= 4 is 63.0 Å². The maximum absolute atomic E-state index is 13.1. The second kappa shape index (κ2) is 10.1. The number of hydrogen-bond donors (Lipinski definition) is 0. The topological polar surface area (TPSA) is 51.5 Å². The zero-order chi connectivity index (χ0) is 25.4. The van der Waals surface area contributed by atoms with Gasteiger partial charge in [0.1, 0.15) is 12.4 Å². The molecule has 2 heterocycles. The molecular formula is C28H22Cl2N2O3S. The summed E-state index contributed by atoms with van der Waals surface area (Å²) in [5, 5.41) is 2.84. The van der Waals surface area contributed by atoms with E-state index in [0.717, 1.165) is 50.9 Å². The molecule has 1 aliphatic rings. The molecule has 8 heteroatoms. The summed E-state index contributed by atoms with van der Waals surface area (Å²) < 4.78 is 7.96. The van der Waals surface area contributed by atoms with Gasteiger partial charge in [-0.3, -0.25) is 14.5 Å². The van der Waals surface area contributed by atoms with Crippen LogP contribution in [0.25, 0.3) is 22.5 Å². The molecule has 36 heavy (non-hydrogen) atoms. The maximum Gasteiger partial charge on any atom is 0.293 e. The molecule has 1 saturated heterocycles. The number of rotatable bonds is 6. The standard InChI is InChI=1S/C28H22Cl2N2O3S/c1-17-12-20(18(2)32(17)23-15-21(29)14-22(30)16-23)13-26-27(33)31(28(34)36-26)10-11-35-25-9-5-7-19-6-3-4-8-24(19)25/h3-9,12-16H,10-11H2,1-2H3/b26-13-. The highest BCUT2D eigenvalue weighted by Gasteiger charge is 2.35. The van der Waals surface area contributed by atoms with Gasteiger partial charge in [0.25, 0.3) is 11.1 Å². The Labute approximate surface area is 223 Å². The number of nitrogens with zero attached hydrogens (tertiary/aromatic N) is 2. The largest absolute Gasteiger partial charge is 0.491 e. The molecule has 0 N–H and O–H groups in total. The van der Waals surface area contributed by atoms with E-state index in [9.17, 15) is 9.59 Å². The number of halogens is 2. The fraction of sp³-hybridized carbons (Fsp3) is 0.143. The number of carbonyl (C=O) groups excluding carboxylic acids is 2. The number of aryl methyl sites for hydroxylation is 1. The summed E-state index contributed by atoms with van der Waals surface area (Å²) in [7, 11) is 0. The molecule has 0 bridgehead atoms. The van der Waals surface area contributed by atoms with Crippen molar-refractivity contribution in [2.75, 3.05) is 13.2 Å². The van der Waals surface area contributed by atoms with E-state index in [2.05, 4.69) is 0 Å². The van der Waals surface area contributed by atoms with Crippen molar-refractivity contribution < 1.29 is 14.3 Å². The van der Waals surface area contributed by atoms with Crippen LogP contribution in [0, 0.1) is 13.8 Å². The van der Waals surface area contributed by atoms with Crippen LogP contribution in [0.3, 0.4) is 0 Å². The number of fused-ring (bicyclic) bond motifs is 1. The normalized spacial score (nSPS) is 14.9. The molecule has 0 unspecified atom stereocenters. The summed E-state index contributed by atoms with van der Waals surface area (Å²) in [6, 6.07) is 21.1. The SMILES string of the molecule is Cc1cc(/C=C2\SC(=O)N(CCOc3cccc4ccccc34)C2=O)c(C)n1-c1cc(Cl)cc(Cl)c1. The van der Waals surface area contributed by atoms with Gasteiger partial charge < -0.3 is 9.30 Å². The number of imide groups is 1. The van der Waals surface area contributed by atoms with Crippen molar-refractivity contribution in [3.8, 4) is 11.4 Å². The van der Waals surface area contributed by atoms with Gasteiger partial charge in [-0.1, -0.05) is 59.6 Å². The molecule has 1 aliphatic heterocycles. The number of hydrogen-bond acceptors (Lipinski definition) is 4. The highest BCUT2D eigenvalue weighted by atomic mass is 35.5. The van der Waals surface area contributed by atoms with Crippen molar-refractivity contribution in [1.82, 2.24) is 9.47 Å². The van der Waals surface area contributed by atoms with Crippen LogP contribution in [0.4, 0.5) is 4.79 Å². The van der Waals surface area contributed by atoms with E-state index in [1.165, 1.54) is 4.90 Å². The minimum Gasteiger partial charge on any atom is -0.491 e. The number of ether oxygens (including phenoxy) is 1. The van der Waals surface area contributed by atoms with Crippen molar-refractivity contribution in [1.29, 1.82) is 0 Å². The third-order valence-electron chi connectivity index (χ3n) is 6.06. The Morgan fingerprint density at radius 2 is 1.67 bits per heavy atom. The van der Waals surface area contributed by atoms with Gasteiger partial charge in [0.15, 0.2) is 0 Å². The molecule has 0 aliphatic carbocycles. The van der Waals surface area contributed by atoms with Gasteiger partial charge in [-0.15, -0.1) is 0 Å². The Bertz CT molecular complexity index is 1520. The molecule has 0 atom stereocenters. The van der Waals surface area contributed by atoms with Crippen molar-refractivity contribution in [2.45, 2.75) is 13.8 Å². The molecule has 4 aromatic rings. The van der Waals surface area contributed by atoms with Gasteiger partial charge >= 0.3 is 0 Å². The second-order valence-corrected chi connectivity index (χ2v) is 10.3. The van der Waals surface area contributed by atoms with E-state index in [-0.39, 0.29) is 24.3 Å². The zero-order valence-corrected chi connectivity index (χ0v) is 22.0. The van der Waals surface area contributed by atoms with Crippen LogP contribution in [0.2, 0.25) is 10.0 Å². The predicted octanol–water partition coefficient (Wildman–Crippen LogP) is 7.67. The zero-order valence-electron chi connectivity index (χ0n) is 19.6. The summed E-state index contributed by atoms with van der Waals surface area (Å²) in [5.74, 6) is 0.409. The Morgan fingerprint density at radius 1 is 0.944 bits per heavy atom. The average Bonchev–Trinajstić information content (AvgIpc) is 3.27. The smallest absolute Gasteiger partial charge is 0.293 e. The highest BCUT2D eigenvalue weighted by molar-refractivity contribution is 8.18. The van der Waals surface area contributed by atoms with Crippen LogP contribution in [0.15, 0.2) is 71.6 Å². The predicted molar refractivity (Wildman–Crippen MR) is 147 cm³/mol. The van der Waals surface area contributed by atoms with E-state index in [1.807, 2.05) is 79.1 Å². The second-order valence-electron chi connectivity index (χ2n) is 8.45. The summed E-state index contributed by atoms with van der Waals surface area (Å²) >= 11 is 13.3. The molecule has 2 amide bonds. The molecule has 3 aromatic carbocycles. The molecule has 1 fully saturated rings. The molecule has 1 aromatic heterocycles. The van der Waals surface area contributed by atoms with Gasteiger partial charge in [-0.05, 0) is 73.0 Å². The first-order valence-corrected chi connectivity index (χ1v) is 12.9. The fourth-order valence-electron chi connectivity index (χ4n) is 4.40. The number of thioether (sulfide) groups is 1.